The van der Waals surface area contributed by atoms with Crippen LogP contribution in [0.5, 0.6) is 0 Å². The number of aryl methyl sites for hydroxylation is 1. The fourth-order valence-electron chi connectivity index (χ4n) is 3.92. The van der Waals surface area contributed by atoms with Crippen LogP contribution in [0.15, 0.2) is 12.4 Å². The molecule has 1 fully saturated rings. The summed E-state index contributed by atoms with van der Waals surface area (Å²) in [4.78, 5) is 23.0. The molecule has 7 heteroatoms. The van der Waals surface area contributed by atoms with Crippen LogP contribution < -0.4 is 10.2 Å². The molecule has 1 amide bonds. The van der Waals surface area contributed by atoms with Crippen LogP contribution >= 0.6 is 0 Å². The van der Waals surface area contributed by atoms with Crippen molar-refractivity contribution >= 4 is 11.7 Å². The van der Waals surface area contributed by atoms with E-state index in [1.165, 1.54) is 25.7 Å². The van der Waals surface area contributed by atoms with Gasteiger partial charge in [0.15, 0.2) is 5.82 Å². The molecule has 28 heavy (non-hydrogen) atoms. The second kappa shape index (κ2) is 9.17. The van der Waals surface area contributed by atoms with Gasteiger partial charge in [0.25, 0.3) is 0 Å². The number of rotatable bonds is 6. The van der Waals surface area contributed by atoms with Crippen molar-refractivity contribution in [3.05, 3.63) is 29.3 Å². The Kier molecular flexibility index (Phi) is 6.65. The van der Waals surface area contributed by atoms with E-state index < -0.39 is 0 Å². The second-order valence-corrected chi connectivity index (χ2v) is 7.95. The summed E-state index contributed by atoms with van der Waals surface area (Å²) in [5.41, 5.74) is 3.11. The normalized spacial score (nSPS) is 15.3. The fourth-order valence-corrected chi connectivity index (χ4v) is 3.92. The number of anilines is 1. The molecule has 1 saturated carbocycles. The minimum atomic E-state index is 0.149. The van der Waals surface area contributed by atoms with E-state index in [1.54, 1.807) is 6.33 Å². The molecule has 1 aliphatic carbocycles. The zero-order chi connectivity index (χ0) is 20.1. The van der Waals surface area contributed by atoms with Gasteiger partial charge in [0.2, 0.25) is 5.91 Å². The third-order valence-corrected chi connectivity index (χ3v) is 5.58. The summed E-state index contributed by atoms with van der Waals surface area (Å²) in [6.07, 6.45) is 10.0. The predicted octanol–water partition coefficient (Wildman–Crippen LogP) is 3.12. The van der Waals surface area contributed by atoms with E-state index in [0.29, 0.717) is 18.9 Å². The molecule has 0 radical (unpaired) electrons. The van der Waals surface area contributed by atoms with Crippen LogP contribution in [0.25, 0.3) is 5.82 Å². The van der Waals surface area contributed by atoms with E-state index in [4.69, 9.17) is 0 Å². The van der Waals surface area contributed by atoms with Gasteiger partial charge >= 0.3 is 0 Å². The van der Waals surface area contributed by atoms with Crippen LogP contribution in [-0.4, -0.2) is 45.8 Å². The highest BCUT2D eigenvalue weighted by Gasteiger charge is 2.18. The van der Waals surface area contributed by atoms with E-state index in [0.717, 1.165) is 41.4 Å². The van der Waals surface area contributed by atoms with Gasteiger partial charge in [-0.2, -0.15) is 5.10 Å². The molecule has 0 saturated heterocycles. The second-order valence-electron chi connectivity index (χ2n) is 7.95. The van der Waals surface area contributed by atoms with E-state index >= 15 is 0 Å². The highest BCUT2D eigenvalue weighted by Crippen LogP contribution is 2.21. The molecule has 2 heterocycles. The van der Waals surface area contributed by atoms with Gasteiger partial charge in [-0.3, -0.25) is 4.79 Å². The van der Waals surface area contributed by atoms with E-state index in [9.17, 15) is 4.79 Å². The van der Waals surface area contributed by atoms with Gasteiger partial charge in [0, 0.05) is 38.3 Å². The zero-order valence-corrected chi connectivity index (χ0v) is 17.5. The summed E-state index contributed by atoms with van der Waals surface area (Å²) in [5, 5.41) is 7.90. The Labute approximate surface area is 167 Å². The molecule has 0 aromatic carbocycles. The van der Waals surface area contributed by atoms with Crippen LogP contribution in [-0.2, 0) is 11.2 Å². The lowest BCUT2D eigenvalue weighted by molar-refractivity contribution is -0.121. The van der Waals surface area contributed by atoms with Gasteiger partial charge in [-0.25, -0.2) is 14.6 Å². The van der Waals surface area contributed by atoms with Crippen LogP contribution in [0.2, 0.25) is 0 Å². The highest BCUT2D eigenvalue weighted by atomic mass is 16.1. The van der Waals surface area contributed by atoms with Gasteiger partial charge in [-0.15, -0.1) is 0 Å². The molecule has 152 valence electrons. The minimum absolute atomic E-state index is 0.149. The molecular formula is C21H32N6O. The number of nitrogens with one attached hydrogen (secondary N) is 1. The molecule has 2 aromatic heterocycles. The standard InChI is InChI=1S/C21H32N6O/c1-15-18(11-12-21(28)24-17-9-7-5-6-8-10-17)16(2)27(25-15)20-13-19(26(3)4)22-14-23-20/h13-14,17H,5-12H2,1-4H3,(H,24,28). The van der Waals surface area contributed by atoms with Crippen molar-refractivity contribution in [2.75, 3.05) is 19.0 Å². The average molecular weight is 385 g/mol. The summed E-state index contributed by atoms with van der Waals surface area (Å²) in [5.74, 6) is 1.73. The number of amides is 1. The van der Waals surface area contributed by atoms with Crippen molar-refractivity contribution in [2.45, 2.75) is 71.3 Å². The first-order valence-corrected chi connectivity index (χ1v) is 10.3. The summed E-state index contributed by atoms with van der Waals surface area (Å²) in [6.45, 7) is 4.03. The number of hydrogen-bond acceptors (Lipinski definition) is 5. The smallest absolute Gasteiger partial charge is 0.220 e. The minimum Gasteiger partial charge on any atom is -0.363 e. The first-order chi connectivity index (χ1) is 13.5. The third kappa shape index (κ3) is 4.88. The van der Waals surface area contributed by atoms with Crippen LogP contribution in [0.1, 0.15) is 61.9 Å². The quantitative estimate of drug-likeness (QED) is 0.775. The van der Waals surface area contributed by atoms with Crippen molar-refractivity contribution in [3.8, 4) is 5.82 Å². The summed E-state index contributed by atoms with van der Waals surface area (Å²) in [6, 6.07) is 2.27. The Morgan fingerprint density at radius 3 is 2.57 bits per heavy atom. The molecule has 0 atom stereocenters. The summed E-state index contributed by atoms with van der Waals surface area (Å²) < 4.78 is 1.85. The van der Waals surface area contributed by atoms with E-state index in [-0.39, 0.29) is 5.91 Å². The molecule has 0 unspecified atom stereocenters. The largest absolute Gasteiger partial charge is 0.363 e. The molecule has 7 nitrogen and oxygen atoms in total. The lowest BCUT2D eigenvalue weighted by Gasteiger charge is -2.16. The van der Waals surface area contributed by atoms with E-state index in [1.807, 2.05) is 43.6 Å². The predicted molar refractivity (Wildman–Crippen MR) is 111 cm³/mol. The summed E-state index contributed by atoms with van der Waals surface area (Å²) >= 11 is 0. The molecule has 3 rings (SSSR count). The van der Waals surface area contributed by atoms with Crippen molar-refractivity contribution in [1.29, 1.82) is 0 Å². The van der Waals surface area contributed by atoms with Crippen LogP contribution in [0.4, 0.5) is 5.82 Å². The SMILES string of the molecule is Cc1nn(-c2cc(N(C)C)ncn2)c(C)c1CCC(=O)NC1CCCCCC1. The third-order valence-electron chi connectivity index (χ3n) is 5.58. The first-order valence-electron chi connectivity index (χ1n) is 10.3. The molecule has 0 spiro atoms. The number of nitrogens with zero attached hydrogens (tertiary/aromatic N) is 5. The molecule has 1 aliphatic rings. The average Bonchev–Trinajstić information content (AvgIpc) is 2.83. The number of aromatic nitrogens is 4. The lowest BCUT2D eigenvalue weighted by Crippen LogP contribution is -2.34. The molecule has 0 aliphatic heterocycles. The topological polar surface area (TPSA) is 75.9 Å². The monoisotopic (exact) mass is 384 g/mol. The first kappa shape index (κ1) is 20.3. The maximum absolute atomic E-state index is 12.5. The van der Waals surface area contributed by atoms with E-state index in [2.05, 4.69) is 20.4 Å². The maximum atomic E-state index is 12.5. The van der Waals surface area contributed by atoms with Crippen molar-refractivity contribution < 1.29 is 4.79 Å². The maximum Gasteiger partial charge on any atom is 0.220 e. The van der Waals surface area contributed by atoms with Gasteiger partial charge < -0.3 is 10.2 Å². The van der Waals surface area contributed by atoms with Crippen molar-refractivity contribution in [1.82, 2.24) is 25.1 Å². The molecular weight excluding hydrogens is 352 g/mol. The van der Waals surface area contributed by atoms with Crippen LogP contribution in [0, 0.1) is 13.8 Å². The van der Waals surface area contributed by atoms with Gasteiger partial charge in [-0.05, 0) is 38.7 Å². The molecule has 0 bridgehead atoms. The summed E-state index contributed by atoms with van der Waals surface area (Å²) in [7, 11) is 3.90. The number of hydrogen-bond donors (Lipinski definition) is 1. The van der Waals surface area contributed by atoms with Gasteiger partial charge in [0.1, 0.15) is 12.1 Å². The Balaban J connectivity index is 1.66. The zero-order valence-electron chi connectivity index (χ0n) is 17.5. The van der Waals surface area contributed by atoms with Gasteiger partial charge in [0.05, 0.1) is 5.69 Å². The Hall–Kier alpha value is -2.44. The lowest BCUT2D eigenvalue weighted by atomic mass is 10.1. The van der Waals surface area contributed by atoms with Crippen molar-refractivity contribution in [2.24, 2.45) is 0 Å². The number of carbonyl (C=O) groups is 1. The molecule has 1 N–H and O–H groups in total. The Morgan fingerprint density at radius 2 is 1.89 bits per heavy atom. The Bertz CT molecular complexity index is 805. The highest BCUT2D eigenvalue weighted by molar-refractivity contribution is 5.76. The van der Waals surface area contributed by atoms with Crippen LogP contribution in [0.3, 0.4) is 0 Å². The van der Waals surface area contributed by atoms with Gasteiger partial charge in [-0.1, -0.05) is 25.7 Å². The Morgan fingerprint density at radius 1 is 1.18 bits per heavy atom. The number of carbonyl (C=O) groups excluding carboxylic acids is 1. The molecule has 2 aromatic rings. The van der Waals surface area contributed by atoms with Crippen molar-refractivity contribution in [3.63, 3.8) is 0 Å². The fraction of sp³-hybridized carbons (Fsp3) is 0.619.